The van der Waals surface area contributed by atoms with Gasteiger partial charge < -0.3 is 26.0 Å². The standard InChI is InChI=1S/C29H34N2O7/c1-3-20(2)12-8-4-5-9-13-26(36)30-21-19-29(38,25(35)18-24(21)34)17-11-7-6-10-14-27(37)31-28-22(32)15-16-23(28)33/h4-14,17,19-20,25,32,35,38H,3,15-16,18H2,1-2H3,(H,30,36)(H,31,37)/b5-4+,7-6+,12-8+,13-9+,14-10+,17-11+/t20?,25-,29+/m1/s1/i17+1. The van der Waals surface area contributed by atoms with Crippen molar-refractivity contribution >= 4 is 23.4 Å². The molecule has 202 valence electrons. The molecular weight excluding hydrogens is 489 g/mol. The summed E-state index contributed by atoms with van der Waals surface area (Å²) in [6.07, 6.45) is 19.0. The van der Waals surface area contributed by atoms with Gasteiger partial charge in [-0.15, -0.1) is 0 Å². The quantitative estimate of drug-likeness (QED) is 0.159. The van der Waals surface area contributed by atoms with E-state index in [4.69, 9.17) is 0 Å². The Hall–Kier alpha value is -4.08. The zero-order chi connectivity index (χ0) is 28.1. The number of hydrogen-bond acceptors (Lipinski definition) is 7. The number of carbonyl (C=O) groups excluding carboxylic acids is 4. The van der Waals surface area contributed by atoms with Gasteiger partial charge in [-0.1, -0.05) is 75.0 Å². The maximum absolute atomic E-state index is 12.3. The first-order valence-electron chi connectivity index (χ1n) is 12.3. The highest BCUT2D eigenvalue weighted by Crippen LogP contribution is 2.25. The van der Waals surface area contributed by atoms with Crippen LogP contribution in [0.25, 0.3) is 0 Å². The lowest BCUT2D eigenvalue weighted by Crippen LogP contribution is -2.46. The summed E-state index contributed by atoms with van der Waals surface area (Å²) in [5.41, 5.74) is -2.13. The van der Waals surface area contributed by atoms with Crippen molar-refractivity contribution in [3.63, 3.8) is 0 Å². The van der Waals surface area contributed by atoms with E-state index in [1.165, 1.54) is 42.5 Å². The number of ketones is 2. The van der Waals surface area contributed by atoms with Gasteiger partial charge in [0.15, 0.2) is 11.6 Å². The van der Waals surface area contributed by atoms with Crippen molar-refractivity contribution in [1.82, 2.24) is 10.6 Å². The monoisotopic (exact) mass is 523 g/mol. The van der Waals surface area contributed by atoms with Gasteiger partial charge in [0.1, 0.15) is 17.1 Å². The Labute approximate surface area is 222 Å². The fraction of sp³-hybridized carbons (Fsp3) is 0.310. The number of amides is 2. The first-order chi connectivity index (χ1) is 18.1. The molecule has 1 unspecified atom stereocenters. The van der Waals surface area contributed by atoms with Crippen molar-refractivity contribution in [1.29, 1.82) is 0 Å². The summed E-state index contributed by atoms with van der Waals surface area (Å²) in [5, 5.41) is 35.4. The molecule has 0 spiro atoms. The molecule has 9 heteroatoms. The maximum atomic E-state index is 12.3. The second kappa shape index (κ2) is 14.6. The molecular formula is C29H34N2O7. The smallest absolute Gasteiger partial charge is 0.248 e. The Balaban J connectivity index is 1.95. The van der Waals surface area contributed by atoms with E-state index in [-0.39, 0.29) is 42.2 Å². The van der Waals surface area contributed by atoms with E-state index in [0.29, 0.717) is 5.92 Å². The third-order valence-corrected chi connectivity index (χ3v) is 5.86. The molecule has 0 heterocycles. The van der Waals surface area contributed by atoms with Crippen molar-refractivity contribution in [3.8, 4) is 0 Å². The highest BCUT2D eigenvalue weighted by Gasteiger charge is 2.38. The van der Waals surface area contributed by atoms with Crippen LogP contribution in [0.1, 0.15) is 39.5 Å². The first-order valence-corrected chi connectivity index (χ1v) is 12.3. The summed E-state index contributed by atoms with van der Waals surface area (Å²) in [6, 6.07) is 0. The van der Waals surface area contributed by atoms with Crippen molar-refractivity contribution in [3.05, 3.63) is 96.1 Å². The molecule has 2 aliphatic carbocycles. The molecule has 0 bridgehead atoms. The molecule has 0 saturated carbocycles. The van der Waals surface area contributed by atoms with E-state index in [1.807, 2.05) is 12.2 Å². The van der Waals surface area contributed by atoms with Crippen LogP contribution in [-0.4, -0.2) is 50.4 Å². The zero-order valence-electron chi connectivity index (χ0n) is 21.5. The van der Waals surface area contributed by atoms with E-state index < -0.39 is 29.3 Å². The Morgan fingerprint density at radius 1 is 0.974 bits per heavy atom. The number of rotatable bonds is 11. The molecule has 0 aromatic rings. The van der Waals surface area contributed by atoms with E-state index in [1.54, 1.807) is 12.2 Å². The van der Waals surface area contributed by atoms with E-state index in [0.717, 1.165) is 18.6 Å². The number of nitrogens with one attached hydrogen (secondary N) is 2. The molecule has 0 saturated heterocycles. The number of aliphatic hydroxyl groups is 3. The third kappa shape index (κ3) is 9.42. The van der Waals surface area contributed by atoms with Gasteiger partial charge in [-0.25, -0.2) is 0 Å². The minimum Gasteiger partial charge on any atom is -0.510 e. The van der Waals surface area contributed by atoms with Gasteiger partial charge in [0.25, 0.3) is 0 Å². The Morgan fingerprint density at radius 3 is 2.18 bits per heavy atom. The normalized spacial score (nSPS) is 23.7. The molecule has 5 N–H and O–H groups in total. The van der Waals surface area contributed by atoms with Crippen LogP contribution in [0.2, 0.25) is 0 Å². The van der Waals surface area contributed by atoms with Gasteiger partial charge in [0, 0.05) is 31.4 Å². The predicted molar refractivity (Wildman–Crippen MR) is 143 cm³/mol. The topological polar surface area (TPSA) is 153 Å². The Bertz CT molecular complexity index is 1170. The van der Waals surface area contributed by atoms with Gasteiger partial charge in [-0.3, -0.25) is 19.2 Å². The van der Waals surface area contributed by atoms with Crippen LogP contribution in [0.3, 0.4) is 0 Å². The Kier molecular flexibility index (Phi) is 11.6. The molecule has 9 nitrogen and oxygen atoms in total. The number of carbonyl (C=O) groups is 4. The van der Waals surface area contributed by atoms with Gasteiger partial charge in [0.05, 0.1) is 11.8 Å². The van der Waals surface area contributed by atoms with Crippen LogP contribution in [0.15, 0.2) is 96.1 Å². The summed E-state index contributed by atoms with van der Waals surface area (Å²) in [7, 11) is 0. The molecule has 0 aliphatic heterocycles. The predicted octanol–water partition coefficient (Wildman–Crippen LogP) is 2.68. The largest absolute Gasteiger partial charge is 0.510 e. The average molecular weight is 524 g/mol. The number of allylic oxidation sites excluding steroid dienone is 12. The van der Waals surface area contributed by atoms with Gasteiger partial charge in [-0.05, 0) is 18.1 Å². The lowest BCUT2D eigenvalue weighted by atomic mass is 9.90. The molecule has 3 atom stereocenters. The van der Waals surface area contributed by atoms with Crippen LogP contribution in [0.5, 0.6) is 0 Å². The summed E-state index contributed by atoms with van der Waals surface area (Å²) < 4.78 is 0. The molecule has 2 aliphatic rings. The average Bonchev–Trinajstić information content (AvgIpc) is 3.18. The molecule has 38 heavy (non-hydrogen) atoms. The van der Waals surface area contributed by atoms with Crippen LogP contribution in [-0.2, 0) is 19.2 Å². The second-order valence-corrected chi connectivity index (χ2v) is 8.93. The van der Waals surface area contributed by atoms with Crippen molar-refractivity contribution in [2.75, 3.05) is 0 Å². The highest BCUT2D eigenvalue weighted by atomic mass is 16.3. The summed E-state index contributed by atoms with van der Waals surface area (Å²) in [6.45, 7) is 4.19. The molecule has 2 rings (SSSR count). The molecule has 0 radical (unpaired) electrons. The van der Waals surface area contributed by atoms with Gasteiger partial charge in [0.2, 0.25) is 11.8 Å². The highest BCUT2D eigenvalue weighted by molar-refractivity contribution is 6.03. The molecule has 0 fully saturated rings. The number of Topliss-reactive ketones (excluding diaryl/α,β-unsaturated/α-hetero) is 2. The van der Waals surface area contributed by atoms with E-state index in [9.17, 15) is 34.5 Å². The SMILES string of the molecule is CCC(C)/C=C/C=C/C=C/C(=O)NC1=C[C@@](O)(/[13CH]=C/C=C/C=C/C(=O)NC2=C(O)CCC2=O)[C@H](O)CC1=O. The summed E-state index contributed by atoms with van der Waals surface area (Å²) in [4.78, 5) is 47.9. The van der Waals surface area contributed by atoms with Crippen LogP contribution in [0, 0.1) is 5.92 Å². The van der Waals surface area contributed by atoms with Gasteiger partial charge in [-0.2, -0.15) is 0 Å². The Morgan fingerprint density at radius 2 is 1.58 bits per heavy atom. The fourth-order valence-electron chi connectivity index (χ4n) is 3.39. The van der Waals surface area contributed by atoms with Crippen LogP contribution < -0.4 is 10.6 Å². The molecule has 0 aromatic heterocycles. The lowest BCUT2D eigenvalue weighted by molar-refractivity contribution is -0.124. The summed E-state index contributed by atoms with van der Waals surface area (Å²) in [5.74, 6) is -1.69. The number of aliphatic hydroxyl groups excluding tert-OH is 2. The van der Waals surface area contributed by atoms with Crippen LogP contribution >= 0.6 is 0 Å². The van der Waals surface area contributed by atoms with E-state index in [2.05, 4.69) is 24.5 Å². The maximum Gasteiger partial charge on any atom is 0.248 e. The van der Waals surface area contributed by atoms with E-state index >= 15 is 0 Å². The molecule has 0 aromatic carbocycles. The fourth-order valence-corrected chi connectivity index (χ4v) is 3.39. The second-order valence-electron chi connectivity index (χ2n) is 8.93. The van der Waals surface area contributed by atoms with Crippen molar-refractivity contribution in [2.24, 2.45) is 5.92 Å². The summed E-state index contributed by atoms with van der Waals surface area (Å²) >= 11 is 0. The third-order valence-electron chi connectivity index (χ3n) is 5.86. The first kappa shape index (κ1) is 30.1. The minimum absolute atomic E-state index is 0.0950. The van der Waals surface area contributed by atoms with Gasteiger partial charge >= 0.3 is 0 Å². The van der Waals surface area contributed by atoms with Crippen molar-refractivity contribution in [2.45, 2.75) is 51.2 Å². The zero-order valence-corrected chi connectivity index (χ0v) is 21.5. The minimum atomic E-state index is -1.90. The van der Waals surface area contributed by atoms with Crippen LogP contribution in [0.4, 0.5) is 0 Å². The van der Waals surface area contributed by atoms with Crippen molar-refractivity contribution < 1.29 is 34.5 Å². The number of hydrogen-bond donors (Lipinski definition) is 5. The molecule has 2 amide bonds. The lowest BCUT2D eigenvalue weighted by Gasteiger charge is -2.31.